The Labute approximate surface area is 152 Å². The van der Waals surface area contributed by atoms with E-state index in [-0.39, 0.29) is 11.8 Å². The fourth-order valence-electron chi connectivity index (χ4n) is 2.15. The van der Waals surface area contributed by atoms with Crippen molar-refractivity contribution in [1.29, 1.82) is 0 Å². The summed E-state index contributed by atoms with van der Waals surface area (Å²) < 4.78 is 0. The van der Waals surface area contributed by atoms with Gasteiger partial charge in [-0.15, -0.1) is 0 Å². The lowest BCUT2D eigenvalue weighted by Gasteiger charge is -2.25. The van der Waals surface area contributed by atoms with Crippen LogP contribution in [0.3, 0.4) is 0 Å². The van der Waals surface area contributed by atoms with Crippen molar-refractivity contribution in [3.8, 4) is 0 Å². The molecule has 0 heterocycles. The van der Waals surface area contributed by atoms with Crippen LogP contribution in [0.2, 0.25) is 0 Å². The highest BCUT2D eigenvalue weighted by molar-refractivity contribution is 5.93. The molecule has 10 heteroatoms. The fraction of sp³-hybridized carbons (Fsp3) is 0.750. The number of carboxylic acids is 1. The van der Waals surface area contributed by atoms with Gasteiger partial charge in [0.25, 0.3) is 0 Å². The van der Waals surface area contributed by atoms with E-state index in [1.807, 2.05) is 13.8 Å². The van der Waals surface area contributed by atoms with Crippen molar-refractivity contribution in [3.63, 3.8) is 0 Å². The SMILES string of the molecule is CC(C)CC(N)C(=O)NC(CO)C(=O)NC(C(=O)NCC(=O)O)C(C)C. The van der Waals surface area contributed by atoms with Gasteiger partial charge < -0.3 is 31.9 Å². The quantitative estimate of drug-likeness (QED) is 0.247. The minimum absolute atomic E-state index is 0.181. The first-order chi connectivity index (χ1) is 12.0. The molecule has 0 rings (SSSR count). The molecule has 3 amide bonds. The Balaban J connectivity index is 4.89. The number of hydrogen-bond donors (Lipinski definition) is 6. The van der Waals surface area contributed by atoms with E-state index >= 15 is 0 Å². The van der Waals surface area contributed by atoms with Gasteiger partial charge in [-0.05, 0) is 18.3 Å². The normalized spacial score (nSPS) is 14.5. The lowest BCUT2D eigenvalue weighted by molar-refractivity contribution is -0.139. The maximum absolute atomic E-state index is 12.3. The van der Waals surface area contributed by atoms with Gasteiger partial charge in [-0.25, -0.2) is 0 Å². The molecule has 10 nitrogen and oxygen atoms in total. The first kappa shape index (κ1) is 23.8. The van der Waals surface area contributed by atoms with Gasteiger partial charge in [-0.2, -0.15) is 0 Å². The predicted octanol–water partition coefficient (Wildman–Crippen LogP) is -1.82. The number of aliphatic hydroxyl groups excluding tert-OH is 1. The van der Waals surface area contributed by atoms with E-state index < -0.39 is 55.0 Å². The molecule has 0 radical (unpaired) electrons. The molecule has 26 heavy (non-hydrogen) atoms. The molecule has 0 aromatic carbocycles. The number of amides is 3. The lowest BCUT2D eigenvalue weighted by atomic mass is 10.0. The van der Waals surface area contributed by atoms with Crippen molar-refractivity contribution in [1.82, 2.24) is 16.0 Å². The molecule has 3 atom stereocenters. The summed E-state index contributed by atoms with van der Waals surface area (Å²) in [5, 5.41) is 24.9. The van der Waals surface area contributed by atoms with Crippen molar-refractivity contribution < 1.29 is 29.4 Å². The van der Waals surface area contributed by atoms with E-state index in [0.29, 0.717) is 6.42 Å². The van der Waals surface area contributed by atoms with Crippen LogP contribution in [0.5, 0.6) is 0 Å². The van der Waals surface area contributed by atoms with Crippen molar-refractivity contribution in [3.05, 3.63) is 0 Å². The summed E-state index contributed by atoms with van der Waals surface area (Å²) in [7, 11) is 0. The summed E-state index contributed by atoms with van der Waals surface area (Å²) in [6, 6.07) is -3.11. The number of aliphatic carboxylic acids is 1. The Hall–Kier alpha value is -2.20. The van der Waals surface area contributed by atoms with Crippen molar-refractivity contribution >= 4 is 23.7 Å². The minimum Gasteiger partial charge on any atom is -0.480 e. The maximum atomic E-state index is 12.3. The molecule has 0 aliphatic heterocycles. The number of nitrogens with one attached hydrogen (secondary N) is 3. The third-order valence-electron chi connectivity index (χ3n) is 3.54. The van der Waals surface area contributed by atoms with Crippen LogP contribution in [0.15, 0.2) is 0 Å². The Kier molecular flexibility index (Phi) is 10.5. The second-order valence-electron chi connectivity index (χ2n) is 6.82. The van der Waals surface area contributed by atoms with Gasteiger partial charge in [0.2, 0.25) is 17.7 Å². The molecule has 150 valence electrons. The lowest BCUT2D eigenvalue weighted by Crippen LogP contribution is -2.58. The molecule has 0 aliphatic carbocycles. The van der Waals surface area contributed by atoms with E-state index in [1.54, 1.807) is 13.8 Å². The zero-order valence-electron chi connectivity index (χ0n) is 15.6. The third kappa shape index (κ3) is 8.77. The average molecular weight is 374 g/mol. The van der Waals surface area contributed by atoms with Gasteiger partial charge in [-0.1, -0.05) is 27.7 Å². The molecule has 0 saturated carbocycles. The number of aliphatic hydroxyl groups is 1. The molecular formula is C16H30N4O6. The van der Waals surface area contributed by atoms with Gasteiger partial charge in [-0.3, -0.25) is 19.2 Å². The predicted molar refractivity (Wildman–Crippen MR) is 93.9 cm³/mol. The van der Waals surface area contributed by atoms with Gasteiger partial charge in [0.1, 0.15) is 18.6 Å². The Morgan fingerprint density at radius 2 is 1.54 bits per heavy atom. The van der Waals surface area contributed by atoms with Crippen molar-refractivity contribution in [2.75, 3.05) is 13.2 Å². The summed E-state index contributed by atoms with van der Waals surface area (Å²) in [5.41, 5.74) is 5.74. The minimum atomic E-state index is -1.27. The number of carbonyl (C=O) groups excluding carboxylic acids is 3. The van der Waals surface area contributed by atoms with E-state index in [2.05, 4.69) is 16.0 Å². The van der Waals surface area contributed by atoms with Crippen LogP contribution in [0, 0.1) is 11.8 Å². The maximum Gasteiger partial charge on any atom is 0.322 e. The number of carboxylic acid groups (broad SMARTS) is 1. The Bertz CT molecular complexity index is 509. The summed E-state index contributed by atoms with van der Waals surface area (Å²) in [5.74, 6) is -3.39. The van der Waals surface area contributed by atoms with E-state index in [4.69, 9.17) is 10.8 Å². The summed E-state index contributed by atoms with van der Waals surface area (Å²) in [6.07, 6.45) is 0.414. The Morgan fingerprint density at radius 3 is 1.96 bits per heavy atom. The zero-order valence-corrected chi connectivity index (χ0v) is 15.6. The number of rotatable bonds is 11. The Morgan fingerprint density at radius 1 is 0.962 bits per heavy atom. The third-order valence-corrected chi connectivity index (χ3v) is 3.54. The zero-order chi connectivity index (χ0) is 20.4. The van der Waals surface area contributed by atoms with Gasteiger partial charge in [0, 0.05) is 0 Å². The van der Waals surface area contributed by atoms with Crippen LogP contribution in [0.1, 0.15) is 34.1 Å². The average Bonchev–Trinajstić information content (AvgIpc) is 2.53. The molecule has 0 saturated heterocycles. The number of hydrogen-bond acceptors (Lipinski definition) is 6. The highest BCUT2D eigenvalue weighted by Gasteiger charge is 2.29. The summed E-state index contributed by atoms with van der Waals surface area (Å²) >= 11 is 0. The van der Waals surface area contributed by atoms with Gasteiger partial charge in [0.15, 0.2) is 0 Å². The number of carbonyl (C=O) groups is 4. The highest BCUT2D eigenvalue weighted by atomic mass is 16.4. The molecule has 0 aliphatic rings. The van der Waals surface area contributed by atoms with Gasteiger partial charge in [0.05, 0.1) is 12.6 Å². The first-order valence-electron chi connectivity index (χ1n) is 8.46. The van der Waals surface area contributed by atoms with Crippen LogP contribution in [-0.2, 0) is 19.2 Å². The summed E-state index contributed by atoms with van der Waals surface area (Å²) in [4.78, 5) is 46.9. The molecule has 0 bridgehead atoms. The molecule has 0 spiro atoms. The monoisotopic (exact) mass is 374 g/mol. The second-order valence-corrected chi connectivity index (χ2v) is 6.82. The molecule has 7 N–H and O–H groups in total. The van der Waals surface area contributed by atoms with Crippen LogP contribution in [0.25, 0.3) is 0 Å². The largest absolute Gasteiger partial charge is 0.480 e. The van der Waals surface area contributed by atoms with Gasteiger partial charge >= 0.3 is 5.97 Å². The second kappa shape index (κ2) is 11.4. The smallest absolute Gasteiger partial charge is 0.322 e. The first-order valence-corrected chi connectivity index (χ1v) is 8.46. The van der Waals surface area contributed by atoms with Crippen molar-refractivity contribution in [2.45, 2.75) is 52.2 Å². The van der Waals surface area contributed by atoms with Crippen LogP contribution >= 0.6 is 0 Å². The topological polar surface area (TPSA) is 171 Å². The molecule has 0 fully saturated rings. The van der Waals surface area contributed by atoms with Crippen molar-refractivity contribution in [2.24, 2.45) is 17.6 Å². The molecule has 0 aromatic rings. The van der Waals surface area contributed by atoms with Crippen LogP contribution in [0.4, 0.5) is 0 Å². The molecule has 0 aromatic heterocycles. The van der Waals surface area contributed by atoms with Crippen LogP contribution in [-0.4, -0.2) is 65.2 Å². The summed E-state index contributed by atoms with van der Waals surface area (Å²) in [6.45, 7) is 5.86. The molecule has 3 unspecified atom stereocenters. The van der Waals surface area contributed by atoms with E-state index in [9.17, 15) is 24.3 Å². The highest BCUT2D eigenvalue weighted by Crippen LogP contribution is 2.04. The van der Waals surface area contributed by atoms with E-state index in [1.165, 1.54) is 0 Å². The fourth-order valence-corrected chi connectivity index (χ4v) is 2.15. The molecular weight excluding hydrogens is 344 g/mol. The van der Waals surface area contributed by atoms with Crippen LogP contribution < -0.4 is 21.7 Å². The standard InChI is InChI=1S/C16H30N4O6/c1-8(2)5-10(17)14(24)19-11(7-21)15(25)20-13(9(3)4)16(26)18-6-12(22)23/h8-11,13,21H,5-7,17H2,1-4H3,(H,18,26)(H,19,24)(H,20,25)(H,22,23). The number of nitrogens with two attached hydrogens (primary N) is 1. The van der Waals surface area contributed by atoms with E-state index in [0.717, 1.165) is 0 Å².